The number of fused-ring (bicyclic) bond motifs is 2. The van der Waals surface area contributed by atoms with Crippen LogP contribution in [0.2, 0.25) is 0 Å². The summed E-state index contributed by atoms with van der Waals surface area (Å²) in [5, 5.41) is 0. The fraction of sp³-hybridized carbons (Fsp3) is 0.359. The normalized spacial score (nSPS) is 24.0. The third-order valence-electron chi connectivity index (χ3n) is 10.3. The number of hydrogen-bond donors (Lipinski definition) is 0. The minimum Gasteiger partial charge on any atom is -0.344 e. The number of imide groups is 2. The van der Waals surface area contributed by atoms with E-state index in [9.17, 15) is 14.4 Å². The zero-order chi connectivity index (χ0) is 33.1. The van der Waals surface area contributed by atoms with Crippen molar-refractivity contribution in [2.45, 2.75) is 65.2 Å². The standard InChI is InChI=1S/C39H44N4O3/c1-9-42-29-17-13-11-15-27(29)38(3,4)31(42)23-21-25-19-20-26(33(25)34-35(44)40(7)37(46)41(8)36(34)45)22-24-32-39(5,6)28-16-12-14-18-30(28)43(32)10-2/h11-18,21-24H,9-10,19-20H2,1-8H3. The van der Waals surface area contributed by atoms with Crippen LogP contribution in [0.5, 0.6) is 0 Å². The van der Waals surface area contributed by atoms with Gasteiger partial charge in [-0.1, -0.05) is 76.2 Å². The number of rotatable bonds is 4. The van der Waals surface area contributed by atoms with Gasteiger partial charge in [0, 0.05) is 60.8 Å². The number of anilines is 2. The first-order chi connectivity index (χ1) is 21.9. The van der Waals surface area contributed by atoms with Gasteiger partial charge in [0.2, 0.25) is 0 Å². The van der Waals surface area contributed by atoms with Crippen molar-refractivity contribution in [2.75, 3.05) is 37.0 Å². The van der Waals surface area contributed by atoms with Crippen LogP contribution in [0.4, 0.5) is 16.2 Å². The number of amides is 4. The van der Waals surface area contributed by atoms with E-state index in [1.54, 1.807) is 0 Å². The van der Waals surface area contributed by atoms with Gasteiger partial charge in [0.05, 0.1) is 0 Å². The van der Waals surface area contributed by atoms with Gasteiger partial charge in [-0.15, -0.1) is 0 Å². The van der Waals surface area contributed by atoms with Crippen LogP contribution in [0.3, 0.4) is 0 Å². The number of allylic oxidation sites excluding steroid dienone is 9. The Hall–Kier alpha value is -4.65. The average Bonchev–Trinajstić information content (AvgIpc) is 3.61. The summed E-state index contributed by atoms with van der Waals surface area (Å²) in [6, 6.07) is 16.4. The Labute approximate surface area is 272 Å². The summed E-state index contributed by atoms with van der Waals surface area (Å²) in [5.41, 5.74) is 9.42. The zero-order valence-corrected chi connectivity index (χ0v) is 28.3. The first-order valence-corrected chi connectivity index (χ1v) is 16.3. The van der Waals surface area contributed by atoms with Crippen molar-refractivity contribution in [2.24, 2.45) is 0 Å². The van der Waals surface area contributed by atoms with Gasteiger partial charge < -0.3 is 9.80 Å². The Morgan fingerprint density at radius 2 is 1.00 bits per heavy atom. The van der Waals surface area contributed by atoms with E-state index in [0.717, 1.165) is 34.0 Å². The molecule has 0 spiro atoms. The lowest BCUT2D eigenvalue weighted by Gasteiger charge is -2.30. The number of hydrogen-bond acceptors (Lipinski definition) is 5. The van der Waals surface area contributed by atoms with Crippen molar-refractivity contribution < 1.29 is 14.4 Å². The Balaban J connectivity index is 1.51. The number of barbiturate groups is 1. The number of benzene rings is 2. The molecule has 1 saturated heterocycles. The second kappa shape index (κ2) is 11.3. The molecular formula is C39H44N4O3. The second-order valence-corrected chi connectivity index (χ2v) is 13.5. The van der Waals surface area contributed by atoms with Crippen LogP contribution in [0.1, 0.15) is 65.5 Å². The number of nitrogens with zero attached hydrogens (tertiary/aromatic N) is 4. The van der Waals surface area contributed by atoms with Crippen molar-refractivity contribution in [1.82, 2.24) is 9.80 Å². The number of likely N-dealkylation sites (N-methyl/N-ethyl adjacent to an activating group) is 4. The molecule has 46 heavy (non-hydrogen) atoms. The van der Waals surface area contributed by atoms with Gasteiger partial charge in [-0.2, -0.15) is 0 Å². The molecule has 2 aromatic rings. The summed E-state index contributed by atoms with van der Waals surface area (Å²) in [5.74, 6) is -1.12. The molecule has 3 aliphatic heterocycles. The summed E-state index contributed by atoms with van der Waals surface area (Å²) >= 11 is 0. The minimum atomic E-state index is -0.620. The highest BCUT2D eigenvalue weighted by molar-refractivity contribution is 6.29. The van der Waals surface area contributed by atoms with Crippen LogP contribution in [-0.2, 0) is 20.4 Å². The molecule has 1 saturated carbocycles. The molecule has 238 valence electrons. The Bertz CT molecular complexity index is 1690. The molecule has 0 N–H and O–H groups in total. The van der Waals surface area contributed by atoms with Crippen molar-refractivity contribution >= 4 is 29.2 Å². The summed E-state index contributed by atoms with van der Waals surface area (Å²) in [7, 11) is 2.88. The molecule has 6 rings (SSSR count). The molecule has 1 aliphatic carbocycles. The van der Waals surface area contributed by atoms with E-state index < -0.39 is 17.8 Å². The lowest BCUT2D eigenvalue weighted by atomic mass is 9.83. The van der Waals surface area contributed by atoms with E-state index in [1.807, 2.05) is 0 Å². The van der Waals surface area contributed by atoms with E-state index in [1.165, 1.54) is 48.0 Å². The minimum absolute atomic E-state index is 0.0547. The topological polar surface area (TPSA) is 64.2 Å². The van der Waals surface area contributed by atoms with Gasteiger partial charge in [0.1, 0.15) is 5.57 Å². The summed E-state index contributed by atoms with van der Waals surface area (Å²) in [4.78, 5) is 46.8. The van der Waals surface area contributed by atoms with Crippen molar-refractivity contribution in [1.29, 1.82) is 0 Å². The van der Waals surface area contributed by atoms with E-state index in [4.69, 9.17) is 0 Å². The lowest BCUT2D eigenvalue weighted by Crippen LogP contribution is -2.53. The Morgan fingerprint density at radius 1 is 0.609 bits per heavy atom. The van der Waals surface area contributed by atoms with Crippen LogP contribution in [-0.4, -0.2) is 54.8 Å². The maximum absolute atomic E-state index is 13.7. The maximum Gasteiger partial charge on any atom is 0.333 e. The molecule has 0 radical (unpaired) electrons. The lowest BCUT2D eigenvalue weighted by molar-refractivity contribution is -0.134. The largest absolute Gasteiger partial charge is 0.344 e. The van der Waals surface area contributed by atoms with Gasteiger partial charge in [-0.25, -0.2) is 4.79 Å². The quantitative estimate of drug-likeness (QED) is 0.265. The van der Waals surface area contributed by atoms with Crippen molar-refractivity contribution in [3.8, 4) is 0 Å². The molecular weight excluding hydrogens is 572 g/mol. The highest BCUT2D eigenvalue weighted by Gasteiger charge is 2.43. The van der Waals surface area contributed by atoms with Crippen molar-refractivity contribution in [3.63, 3.8) is 0 Å². The van der Waals surface area contributed by atoms with E-state index in [2.05, 4.69) is 124 Å². The monoisotopic (exact) mass is 616 g/mol. The molecule has 4 amide bonds. The molecule has 0 unspecified atom stereocenters. The summed E-state index contributed by atoms with van der Waals surface area (Å²) in [6.07, 6.45) is 9.86. The van der Waals surface area contributed by atoms with Crippen LogP contribution in [0.15, 0.2) is 107 Å². The molecule has 4 aliphatic rings. The Morgan fingerprint density at radius 3 is 1.39 bits per heavy atom. The van der Waals surface area contributed by atoms with Gasteiger partial charge in [0.15, 0.2) is 0 Å². The third-order valence-corrected chi connectivity index (χ3v) is 10.3. The van der Waals surface area contributed by atoms with E-state index in [0.29, 0.717) is 18.4 Å². The van der Waals surface area contributed by atoms with Crippen molar-refractivity contribution in [3.05, 3.63) is 118 Å². The third kappa shape index (κ3) is 4.58. The predicted molar refractivity (Wildman–Crippen MR) is 185 cm³/mol. The fourth-order valence-electron chi connectivity index (χ4n) is 7.74. The first-order valence-electron chi connectivity index (χ1n) is 16.3. The SMILES string of the molecule is CCN1C(=CC=C2CCC(=CC=C3N(CC)c4ccccc4C3(C)C)C2=C2C(=O)N(C)C(=O)N(C)C2=O)C(C)(C)c2ccccc21. The van der Waals surface area contributed by atoms with Crippen LogP contribution in [0.25, 0.3) is 0 Å². The van der Waals surface area contributed by atoms with Gasteiger partial charge >= 0.3 is 6.03 Å². The molecule has 3 heterocycles. The molecule has 7 heteroatoms. The predicted octanol–water partition coefficient (Wildman–Crippen LogP) is 7.38. The van der Waals surface area contributed by atoms with Crippen LogP contribution < -0.4 is 9.80 Å². The Kier molecular flexibility index (Phi) is 7.70. The number of para-hydroxylation sites is 2. The molecule has 0 bridgehead atoms. The molecule has 7 nitrogen and oxygen atoms in total. The summed E-state index contributed by atoms with van der Waals surface area (Å²) in [6.45, 7) is 14.9. The summed E-state index contributed by atoms with van der Waals surface area (Å²) < 4.78 is 0. The van der Waals surface area contributed by atoms with Gasteiger partial charge in [0.25, 0.3) is 11.8 Å². The van der Waals surface area contributed by atoms with E-state index >= 15 is 0 Å². The molecule has 2 aromatic carbocycles. The number of carbonyl (C=O) groups is 3. The number of carbonyl (C=O) groups excluding carboxylic acids is 3. The average molecular weight is 617 g/mol. The highest BCUT2D eigenvalue weighted by atomic mass is 16.2. The maximum atomic E-state index is 13.7. The highest BCUT2D eigenvalue weighted by Crippen LogP contribution is 2.49. The smallest absolute Gasteiger partial charge is 0.333 e. The zero-order valence-electron chi connectivity index (χ0n) is 28.3. The van der Waals surface area contributed by atoms with Crippen LogP contribution >= 0.6 is 0 Å². The van der Waals surface area contributed by atoms with Gasteiger partial charge in [-0.3, -0.25) is 19.4 Å². The molecule has 2 fully saturated rings. The van der Waals surface area contributed by atoms with E-state index in [-0.39, 0.29) is 16.4 Å². The number of urea groups is 1. The first kappa shape index (κ1) is 31.3. The fourth-order valence-corrected chi connectivity index (χ4v) is 7.74. The molecule has 0 atom stereocenters. The molecule has 0 aromatic heterocycles. The van der Waals surface area contributed by atoms with Gasteiger partial charge in [-0.05, 0) is 78.8 Å². The van der Waals surface area contributed by atoms with Crippen LogP contribution in [0, 0.1) is 0 Å². The second-order valence-electron chi connectivity index (χ2n) is 13.5.